The molecule has 1 N–H and O–H groups in total. The first-order valence-electron chi connectivity index (χ1n) is 6.75. The van der Waals surface area contributed by atoms with Crippen molar-refractivity contribution in [3.63, 3.8) is 0 Å². The predicted octanol–water partition coefficient (Wildman–Crippen LogP) is 2.32. The molecule has 2 heteroatoms. The van der Waals surface area contributed by atoms with Gasteiger partial charge in [-0.2, -0.15) is 0 Å². The summed E-state index contributed by atoms with van der Waals surface area (Å²) in [7, 11) is 2.39. The first-order chi connectivity index (χ1) is 8.18. The van der Waals surface area contributed by atoms with Crippen LogP contribution in [0, 0.1) is 0 Å². The Labute approximate surface area is 103 Å². The highest BCUT2D eigenvalue weighted by atomic mass is 16.3. The van der Waals surface area contributed by atoms with E-state index in [9.17, 15) is 5.11 Å². The molecule has 2 aliphatic heterocycles. The van der Waals surface area contributed by atoms with Gasteiger partial charge in [0.25, 0.3) is 0 Å². The second-order valence-corrected chi connectivity index (χ2v) is 6.00. The molecule has 0 amide bonds. The molecule has 2 heterocycles. The number of benzene rings is 1. The van der Waals surface area contributed by atoms with Crippen molar-refractivity contribution in [1.29, 1.82) is 0 Å². The molecule has 1 aromatic carbocycles. The molecule has 17 heavy (non-hydrogen) atoms. The van der Waals surface area contributed by atoms with Crippen molar-refractivity contribution >= 4 is 0 Å². The number of aliphatic hydroxyl groups excluding tert-OH is 1. The molecule has 2 aliphatic rings. The van der Waals surface area contributed by atoms with Crippen molar-refractivity contribution in [3.8, 4) is 0 Å². The van der Waals surface area contributed by atoms with Crippen LogP contribution in [0.2, 0.25) is 0 Å². The van der Waals surface area contributed by atoms with Crippen LogP contribution >= 0.6 is 0 Å². The molecular weight excluding hydrogens is 210 g/mol. The lowest BCUT2D eigenvalue weighted by Crippen LogP contribution is -2.57. The van der Waals surface area contributed by atoms with Crippen LogP contribution in [-0.4, -0.2) is 34.8 Å². The normalized spacial score (nSPS) is 40.5. The minimum absolute atomic E-state index is 0.0468. The zero-order chi connectivity index (χ0) is 11.9. The molecule has 2 fully saturated rings. The summed E-state index contributed by atoms with van der Waals surface area (Å²) in [5, 5.41) is 9.88. The number of hydrogen-bond donors (Lipinski definition) is 1. The first kappa shape index (κ1) is 11.2. The molecule has 2 nitrogen and oxygen atoms in total. The average molecular weight is 232 g/mol. The highest BCUT2D eigenvalue weighted by Crippen LogP contribution is 2.42. The van der Waals surface area contributed by atoms with Gasteiger partial charge in [0, 0.05) is 31.2 Å². The van der Waals surface area contributed by atoms with E-state index in [1.54, 1.807) is 0 Å². The van der Waals surface area contributed by atoms with Gasteiger partial charge in [0.15, 0.2) is 0 Å². The van der Waals surface area contributed by atoms with Gasteiger partial charge in [-0.25, -0.2) is 0 Å². The van der Waals surface area contributed by atoms with E-state index in [0.717, 1.165) is 23.9 Å². The molecule has 0 radical (unpaired) electrons. The maximum atomic E-state index is 9.88. The molecule has 0 aromatic heterocycles. The maximum absolute atomic E-state index is 9.88. The fraction of sp³-hybridized carbons (Fsp3) is 0.600. The molecule has 2 unspecified atom stereocenters. The highest BCUT2D eigenvalue weighted by Gasteiger charge is 2.50. The molecule has 92 valence electrons. The summed E-state index contributed by atoms with van der Waals surface area (Å²) < 4.78 is 1.15. The topological polar surface area (TPSA) is 20.2 Å². The summed E-state index contributed by atoms with van der Waals surface area (Å²) in [5.41, 5.74) is 1.43. The lowest BCUT2D eigenvalue weighted by molar-refractivity contribution is -0.961. The summed E-state index contributed by atoms with van der Waals surface area (Å²) in [6.45, 7) is 1.13. The first-order valence-corrected chi connectivity index (χ1v) is 6.75. The number of rotatable bonds is 2. The largest absolute Gasteiger partial charge is 0.393 e. The number of aliphatic hydroxyl groups is 1. The maximum Gasteiger partial charge on any atom is 0.105 e. The van der Waals surface area contributed by atoms with Crippen molar-refractivity contribution in [2.75, 3.05) is 7.05 Å². The second-order valence-electron chi connectivity index (χ2n) is 6.00. The zero-order valence-corrected chi connectivity index (χ0v) is 10.5. The van der Waals surface area contributed by atoms with E-state index in [0.29, 0.717) is 12.1 Å². The Morgan fingerprint density at radius 2 is 1.71 bits per heavy atom. The summed E-state index contributed by atoms with van der Waals surface area (Å²) in [6, 6.07) is 12.1. The van der Waals surface area contributed by atoms with Crippen LogP contribution in [0.5, 0.6) is 0 Å². The van der Waals surface area contributed by atoms with Crippen LogP contribution in [-0.2, 0) is 6.54 Å². The molecule has 3 rings (SSSR count). The number of nitrogens with zero attached hydrogens (tertiary/aromatic N) is 1. The summed E-state index contributed by atoms with van der Waals surface area (Å²) in [6.07, 6.45) is 4.55. The van der Waals surface area contributed by atoms with Gasteiger partial charge in [0.1, 0.15) is 6.54 Å². The highest BCUT2D eigenvalue weighted by molar-refractivity contribution is 5.13. The third-order valence-corrected chi connectivity index (χ3v) is 4.96. The second kappa shape index (κ2) is 4.11. The quantitative estimate of drug-likeness (QED) is 0.776. The van der Waals surface area contributed by atoms with E-state index in [-0.39, 0.29) is 6.10 Å². The smallest absolute Gasteiger partial charge is 0.105 e. The van der Waals surface area contributed by atoms with E-state index in [4.69, 9.17) is 0 Å². The fourth-order valence-corrected chi connectivity index (χ4v) is 3.95. The number of fused-ring (bicyclic) bond motifs is 2. The Kier molecular flexibility index (Phi) is 2.72. The van der Waals surface area contributed by atoms with Gasteiger partial charge in [-0.1, -0.05) is 30.3 Å². The number of quaternary nitrogens is 1. The molecule has 2 saturated heterocycles. The Morgan fingerprint density at radius 3 is 2.29 bits per heavy atom. The molecule has 0 aliphatic carbocycles. The molecule has 2 bridgehead atoms. The van der Waals surface area contributed by atoms with Crippen molar-refractivity contribution in [2.45, 2.75) is 50.4 Å². The number of hydrogen-bond acceptors (Lipinski definition) is 1. The monoisotopic (exact) mass is 232 g/mol. The lowest BCUT2D eigenvalue weighted by Gasteiger charge is -2.46. The SMILES string of the molecule is C[N+]1(Cc2ccccc2)C2CCC1CC(O)C2. The molecule has 1 aromatic rings. The van der Waals surface area contributed by atoms with Gasteiger partial charge in [-0.15, -0.1) is 0 Å². The standard InChI is InChI=1S/C15H22NO/c1-16(11-12-5-3-2-4-6-12)13-7-8-14(16)10-15(17)9-13/h2-6,13-15,17H,7-11H2,1H3/q+1. The Balaban J connectivity index is 1.82. The summed E-state index contributed by atoms with van der Waals surface area (Å²) in [4.78, 5) is 0. The lowest BCUT2D eigenvalue weighted by atomic mass is 9.96. The van der Waals surface area contributed by atoms with Crippen LogP contribution in [0.1, 0.15) is 31.2 Å². The third kappa shape index (κ3) is 1.90. The number of piperidine rings is 1. The van der Waals surface area contributed by atoms with Crippen molar-refractivity contribution in [3.05, 3.63) is 35.9 Å². The van der Waals surface area contributed by atoms with Crippen molar-refractivity contribution < 1.29 is 9.59 Å². The van der Waals surface area contributed by atoms with Gasteiger partial charge in [-0.3, -0.25) is 0 Å². The Bertz CT molecular complexity index is 375. The van der Waals surface area contributed by atoms with E-state index in [2.05, 4.69) is 37.4 Å². The van der Waals surface area contributed by atoms with E-state index in [1.807, 2.05) is 0 Å². The van der Waals surface area contributed by atoms with Crippen molar-refractivity contribution in [1.82, 2.24) is 0 Å². The zero-order valence-electron chi connectivity index (χ0n) is 10.5. The van der Waals surface area contributed by atoms with Crippen LogP contribution in [0.25, 0.3) is 0 Å². The van der Waals surface area contributed by atoms with Crippen LogP contribution in [0.3, 0.4) is 0 Å². The Hall–Kier alpha value is -0.860. The van der Waals surface area contributed by atoms with Gasteiger partial charge in [0.05, 0.1) is 25.2 Å². The minimum Gasteiger partial charge on any atom is -0.393 e. The third-order valence-electron chi connectivity index (χ3n) is 4.96. The van der Waals surface area contributed by atoms with Gasteiger partial charge < -0.3 is 9.59 Å². The van der Waals surface area contributed by atoms with Gasteiger partial charge in [-0.05, 0) is 0 Å². The van der Waals surface area contributed by atoms with E-state index in [1.165, 1.54) is 18.4 Å². The summed E-state index contributed by atoms with van der Waals surface area (Å²) in [5.74, 6) is 0. The average Bonchev–Trinajstić information content (AvgIpc) is 2.52. The van der Waals surface area contributed by atoms with Gasteiger partial charge >= 0.3 is 0 Å². The van der Waals surface area contributed by atoms with Crippen LogP contribution < -0.4 is 0 Å². The fourth-order valence-electron chi connectivity index (χ4n) is 3.95. The molecule has 0 spiro atoms. The van der Waals surface area contributed by atoms with Crippen molar-refractivity contribution in [2.24, 2.45) is 0 Å². The minimum atomic E-state index is -0.0468. The van der Waals surface area contributed by atoms with E-state index < -0.39 is 0 Å². The van der Waals surface area contributed by atoms with Gasteiger partial charge in [0.2, 0.25) is 0 Å². The predicted molar refractivity (Wildman–Crippen MR) is 68.4 cm³/mol. The molecular formula is C15H22NO+. The molecule has 2 atom stereocenters. The van der Waals surface area contributed by atoms with E-state index >= 15 is 0 Å². The van der Waals surface area contributed by atoms with Crippen LogP contribution in [0.4, 0.5) is 0 Å². The summed E-state index contributed by atoms with van der Waals surface area (Å²) >= 11 is 0. The van der Waals surface area contributed by atoms with Crippen LogP contribution in [0.15, 0.2) is 30.3 Å². The molecule has 0 saturated carbocycles. The Morgan fingerprint density at radius 1 is 1.12 bits per heavy atom.